The lowest BCUT2D eigenvalue weighted by molar-refractivity contribution is 0.152. The largest absolute Gasteiger partial charge is 0.359 e. The quantitative estimate of drug-likeness (QED) is 0.942. The zero-order valence-corrected chi connectivity index (χ0v) is 13.5. The van der Waals surface area contributed by atoms with Gasteiger partial charge in [0.15, 0.2) is 5.76 Å². The smallest absolute Gasteiger partial charge is 0.151 e. The summed E-state index contributed by atoms with van der Waals surface area (Å²) in [6, 6.07) is 10.7. The van der Waals surface area contributed by atoms with Gasteiger partial charge in [-0.1, -0.05) is 35.0 Å². The molecule has 0 bridgehead atoms. The second-order valence-corrected chi connectivity index (χ2v) is 6.52. The van der Waals surface area contributed by atoms with Crippen LogP contribution in [-0.2, 0) is 6.54 Å². The van der Waals surface area contributed by atoms with Crippen LogP contribution in [0.2, 0.25) is 0 Å². The van der Waals surface area contributed by atoms with E-state index in [1.165, 1.54) is 18.4 Å². The fourth-order valence-corrected chi connectivity index (χ4v) is 3.11. The Morgan fingerprint density at radius 2 is 1.95 bits per heavy atom. The summed E-state index contributed by atoms with van der Waals surface area (Å²) >= 11 is 0. The number of aromatic nitrogens is 1. The molecular weight excluding hydrogens is 274 g/mol. The highest BCUT2D eigenvalue weighted by Crippen LogP contribution is 2.23. The molecule has 0 radical (unpaired) electrons. The summed E-state index contributed by atoms with van der Waals surface area (Å²) in [7, 11) is 0. The van der Waals surface area contributed by atoms with Crippen LogP contribution in [0.1, 0.15) is 31.1 Å². The molecule has 0 saturated carbocycles. The first-order valence-corrected chi connectivity index (χ1v) is 8.12. The van der Waals surface area contributed by atoms with Crippen LogP contribution in [0.5, 0.6) is 0 Å². The van der Waals surface area contributed by atoms with Crippen molar-refractivity contribution in [3.63, 3.8) is 0 Å². The number of likely N-dealkylation sites (tertiary alicyclic amines) is 1. The molecule has 1 atom stereocenters. The van der Waals surface area contributed by atoms with Gasteiger partial charge in [-0.15, -0.1) is 0 Å². The van der Waals surface area contributed by atoms with Gasteiger partial charge in [0.05, 0.1) is 6.54 Å². The van der Waals surface area contributed by atoms with Crippen molar-refractivity contribution < 1.29 is 4.52 Å². The summed E-state index contributed by atoms with van der Waals surface area (Å²) in [5.74, 6) is 1.60. The minimum atomic E-state index is 0.306. The van der Waals surface area contributed by atoms with Gasteiger partial charge in [-0.05, 0) is 45.7 Å². The lowest BCUT2D eigenvalue weighted by Crippen LogP contribution is -2.39. The highest BCUT2D eigenvalue weighted by Gasteiger charge is 2.22. The van der Waals surface area contributed by atoms with Gasteiger partial charge in [0.25, 0.3) is 0 Å². The second kappa shape index (κ2) is 6.63. The van der Waals surface area contributed by atoms with Gasteiger partial charge in [-0.3, -0.25) is 4.90 Å². The van der Waals surface area contributed by atoms with Crippen molar-refractivity contribution in [1.29, 1.82) is 0 Å². The molecule has 2 N–H and O–H groups in total. The minimum Gasteiger partial charge on any atom is -0.359 e. The maximum atomic E-state index is 6.00. The first kappa shape index (κ1) is 15.3. The van der Waals surface area contributed by atoms with Gasteiger partial charge in [-0.2, -0.15) is 0 Å². The van der Waals surface area contributed by atoms with E-state index >= 15 is 0 Å². The topological polar surface area (TPSA) is 55.3 Å². The van der Waals surface area contributed by atoms with Crippen molar-refractivity contribution in [2.45, 2.75) is 39.3 Å². The molecule has 1 aliphatic rings. The van der Waals surface area contributed by atoms with Gasteiger partial charge < -0.3 is 10.3 Å². The number of aryl methyl sites for hydroxylation is 1. The summed E-state index contributed by atoms with van der Waals surface area (Å²) in [6.45, 7) is 7.22. The lowest BCUT2D eigenvalue weighted by Gasteiger charge is -2.32. The summed E-state index contributed by atoms with van der Waals surface area (Å²) in [5, 5.41) is 4.20. The molecule has 0 aliphatic carbocycles. The number of piperidine rings is 1. The fourth-order valence-electron chi connectivity index (χ4n) is 3.11. The van der Waals surface area contributed by atoms with Crippen LogP contribution in [0.25, 0.3) is 11.3 Å². The molecule has 22 heavy (non-hydrogen) atoms. The number of benzene rings is 1. The van der Waals surface area contributed by atoms with Crippen molar-refractivity contribution in [3.8, 4) is 11.3 Å². The van der Waals surface area contributed by atoms with Gasteiger partial charge in [0.1, 0.15) is 5.69 Å². The van der Waals surface area contributed by atoms with Crippen molar-refractivity contribution in [1.82, 2.24) is 10.1 Å². The van der Waals surface area contributed by atoms with Gasteiger partial charge >= 0.3 is 0 Å². The van der Waals surface area contributed by atoms with Gasteiger partial charge in [0.2, 0.25) is 0 Å². The van der Waals surface area contributed by atoms with Crippen molar-refractivity contribution in [2.24, 2.45) is 11.7 Å². The van der Waals surface area contributed by atoms with Crippen molar-refractivity contribution >= 4 is 0 Å². The molecule has 2 heterocycles. The molecule has 0 spiro atoms. The molecule has 1 aromatic carbocycles. The summed E-state index contributed by atoms with van der Waals surface area (Å²) < 4.78 is 5.51. The maximum absolute atomic E-state index is 6.00. The molecular formula is C18H25N3O. The maximum Gasteiger partial charge on any atom is 0.151 e. The Hall–Kier alpha value is -1.65. The van der Waals surface area contributed by atoms with Crippen LogP contribution in [-0.4, -0.2) is 29.2 Å². The van der Waals surface area contributed by atoms with Gasteiger partial charge in [0, 0.05) is 17.7 Å². The highest BCUT2D eigenvalue weighted by molar-refractivity contribution is 5.59. The van der Waals surface area contributed by atoms with Crippen LogP contribution < -0.4 is 5.73 Å². The van der Waals surface area contributed by atoms with Crippen LogP contribution in [0, 0.1) is 12.8 Å². The minimum absolute atomic E-state index is 0.306. The van der Waals surface area contributed by atoms with E-state index in [2.05, 4.69) is 54.2 Å². The Morgan fingerprint density at radius 3 is 2.59 bits per heavy atom. The second-order valence-electron chi connectivity index (χ2n) is 6.52. The lowest BCUT2D eigenvalue weighted by atomic mass is 9.91. The summed E-state index contributed by atoms with van der Waals surface area (Å²) in [6.07, 6.45) is 2.35. The van der Waals surface area contributed by atoms with Crippen molar-refractivity contribution in [2.75, 3.05) is 13.1 Å². The fraction of sp³-hybridized carbons (Fsp3) is 0.500. The molecule has 1 aliphatic heterocycles. The molecule has 1 unspecified atom stereocenters. The number of hydrogen-bond acceptors (Lipinski definition) is 4. The van der Waals surface area contributed by atoms with E-state index in [9.17, 15) is 0 Å². The van der Waals surface area contributed by atoms with E-state index in [0.717, 1.165) is 36.7 Å². The standard InChI is InChI=1S/C18H25N3O/c1-13-3-5-16(6-4-13)18-11-17(22-20-18)12-21-9-7-15(8-10-21)14(2)19/h3-6,11,14-15H,7-10,12,19H2,1-2H3. The van der Waals surface area contributed by atoms with E-state index in [1.54, 1.807) is 0 Å². The molecule has 1 saturated heterocycles. The average molecular weight is 299 g/mol. The third kappa shape index (κ3) is 3.57. The van der Waals surface area contributed by atoms with Crippen LogP contribution in [0.15, 0.2) is 34.9 Å². The van der Waals surface area contributed by atoms with Crippen LogP contribution >= 0.6 is 0 Å². The third-order valence-corrected chi connectivity index (χ3v) is 4.66. The van der Waals surface area contributed by atoms with E-state index in [0.29, 0.717) is 12.0 Å². The number of nitrogens with two attached hydrogens (primary N) is 1. The van der Waals surface area contributed by atoms with E-state index < -0.39 is 0 Å². The SMILES string of the molecule is Cc1ccc(-c2cc(CN3CCC(C(C)N)CC3)on2)cc1. The Labute approximate surface area is 132 Å². The zero-order valence-electron chi connectivity index (χ0n) is 13.5. The summed E-state index contributed by atoms with van der Waals surface area (Å²) in [5.41, 5.74) is 9.28. The normalized spacial score (nSPS) is 18.5. The molecule has 4 heteroatoms. The Morgan fingerprint density at radius 1 is 1.27 bits per heavy atom. The van der Waals surface area contributed by atoms with Gasteiger partial charge in [-0.25, -0.2) is 0 Å². The molecule has 1 aromatic heterocycles. The van der Waals surface area contributed by atoms with Crippen LogP contribution in [0.3, 0.4) is 0 Å². The summed E-state index contributed by atoms with van der Waals surface area (Å²) in [4.78, 5) is 2.43. The molecule has 0 amide bonds. The number of hydrogen-bond donors (Lipinski definition) is 1. The first-order valence-electron chi connectivity index (χ1n) is 8.12. The molecule has 118 valence electrons. The Bertz CT molecular complexity index is 595. The molecule has 2 aromatic rings. The van der Waals surface area contributed by atoms with E-state index in [4.69, 9.17) is 10.3 Å². The first-order chi connectivity index (χ1) is 10.6. The third-order valence-electron chi connectivity index (χ3n) is 4.66. The monoisotopic (exact) mass is 299 g/mol. The average Bonchev–Trinajstić information content (AvgIpc) is 2.97. The number of rotatable bonds is 4. The highest BCUT2D eigenvalue weighted by atomic mass is 16.5. The molecule has 4 nitrogen and oxygen atoms in total. The molecule has 1 fully saturated rings. The zero-order chi connectivity index (χ0) is 15.5. The van der Waals surface area contributed by atoms with Crippen LogP contribution in [0.4, 0.5) is 0 Å². The Kier molecular flexibility index (Phi) is 4.60. The number of nitrogens with zero attached hydrogens (tertiary/aromatic N) is 2. The van der Waals surface area contributed by atoms with E-state index in [-0.39, 0.29) is 0 Å². The Balaban J connectivity index is 1.59. The van der Waals surface area contributed by atoms with Crippen molar-refractivity contribution in [3.05, 3.63) is 41.7 Å². The van der Waals surface area contributed by atoms with E-state index in [1.807, 2.05) is 0 Å². The molecule has 3 rings (SSSR count). The predicted molar refractivity (Wildman–Crippen MR) is 88.3 cm³/mol. The predicted octanol–water partition coefficient (Wildman–Crippen LogP) is 3.21.